The number of nitrogens with zero attached hydrogens (tertiary/aromatic N) is 2. The van der Waals surface area contributed by atoms with Crippen molar-refractivity contribution >= 4 is 34.5 Å². The predicted molar refractivity (Wildman–Crippen MR) is 92.1 cm³/mol. The van der Waals surface area contributed by atoms with Crippen molar-refractivity contribution in [3.63, 3.8) is 0 Å². The first-order valence-electron chi connectivity index (χ1n) is 7.19. The number of ether oxygens (including phenoxy) is 2. The number of anilines is 3. The van der Waals surface area contributed by atoms with Gasteiger partial charge in [0.1, 0.15) is 12.1 Å². The molecule has 1 aromatic heterocycles. The van der Waals surface area contributed by atoms with Crippen LogP contribution in [-0.2, 0) is 4.79 Å². The number of aromatic nitrogens is 2. The SMILES string of the molecule is COc1cc2ncnc(Nc3cccc(NC=O)c3)c2cc1OC. The first-order valence-corrected chi connectivity index (χ1v) is 7.19. The Morgan fingerprint density at radius 3 is 2.50 bits per heavy atom. The Hall–Kier alpha value is -3.35. The third-order valence-corrected chi connectivity index (χ3v) is 3.49. The number of fused-ring (bicyclic) bond motifs is 1. The maximum Gasteiger partial charge on any atom is 0.211 e. The van der Waals surface area contributed by atoms with Gasteiger partial charge in [-0.15, -0.1) is 0 Å². The number of nitrogens with one attached hydrogen (secondary N) is 2. The van der Waals surface area contributed by atoms with Crippen molar-refractivity contribution in [2.45, 2.75) is 0 Å². The van der Waals surface area contributed by atoms with E-state index in [1.165, 1.54) is 6.33 Å². The van der Waals surface area contributed by atoms with Crippen LogP contribution in [0.1, 0.15) is 0 Å². The fourth-order valence-corrected chi connectivity index (χ4v) is 2.37. The quantitative estimate of drug-likeness (QED) is 0.678. The second kappa shape index (κ2) is 6.82. The molecule has 0 bridgehead atoms. The highest BCUT2D eigenvalue weighted by atomic mass is 16.5. The summed E-state index contributed by atoms with van der Waals surface area (Å²) in [6.07, 6.45) is 2.11. The predicted octanol–water partition coefficient (Wildman–Crippen LogP) is 2.96. The summed E-state index contributed by atoms with van der Waals surface area (Å²) in [7, 11) is 3.16. The molecule has 0 aliphatic rings. The molecule has 0 atom stereocenters. The van der Waals surface area contributed by atoms with Gasteiger partial charge >= 0.3 is 0 Å². The van der Waals surface area contributed by atoms with Crippen molar-refractivity contribution < 1.29 is 14.3 Å². The van der Waals surface area contributed by atoms with Gasteiger partial charge in [-0.3, -0.25) is 4.79 Å². The van der Waals surface area contributed by atoms with Crippen LogP contribution in [0.25, 0.3) is 10.9 Å². The summed E-state index contributed by atoms with van der Waals surface area (Å²) in [5, 5.41) is 6.64. The van der Waals surface area contributed by atoms with Crippen LogP contribution in [0, 0.1) is 0 Å². The van der Waals surface area contributed by atoms with E-state index in [9.17, 15) is 4.79 Å². The van der Waals surface area contributed by atoms with Crippen LogP contribution in [0.15, 0.2) is 42.7 Å². The Morgan fingerprint density at radius 2 is 1.75 bits per heavy atom. The smallest absolute Gasteiger partial charge is 0.211 e. The first kappa shape index (κ1) is 15.5. The molecule has 24 heavy (non-hydrogen) atoms. The molecule has 0 fully saturated rings. The minimum absolute atomic E-state index is 0.597. The van der Waals surface area contributed by atoms with Crippen molar-refractivity contribution in [1.29, 1.82) is 0 Å². The molecule has 1 heterocycles. The summed E-state index contributed by atoms with van der Waals surface area (Å²) >= 11 is 0. The van der Waals surface area contributed by atoms with Gasteiger partial charge in [-0.05, 0) is 24.3 Å². The second-order valence-corrected chi connectivity index (χ2v) is 4.91. The minimum Gasteiger partial charge on any atom is -0.493 e. The maximum atomic E-state index is 10.6. The molecule has 0 aliphatic heterocycles. The lowest BCUT2D eigenvalue weighted by molar-refractivity contribution is -0.105. The molecule has 2 N–H and O–H groups in total. The minimum atomic E-state index is 0.597. The molecule has 3 aromatic rings. The van der Waals surface area contributed by atoms with Gasteiger partial charge in [0.2, 0.25) is 6.41 Å². The lowest BCUT2D eigenvalue weighted by atomic mass is 10.2. The Bertz CT molecular complexity index is 883. The molecule has 0 radical (unpaired) electrons. The molecular formula is C17H16N4O3. The number of rotatable bonds is 6. The molecule has 7 nitrogen and oxygen atoms in total. The Morgan fingerprint density at radius 1 is 1.00 bits per heavy atom. The normalized spacial score (nSPS) is 10.2. The standard InChI is InChI=1S/C17H16N4O3/c1-23-15-7-13-14(8-16(15)24-2)18-9-19-17(13)21-12-5-3-4-11(6-12)20-10-22/h3-10H,1-2H3,(H,20,22)(H,18,19,21). The molecule has 2 aromatic carbocycles. The van der Waals surface area contributed by atoms with E-state index >= 15 is 0 Å². The summed E-state index contributed by atoms with van der Waals surface area (Å²) in [5.41, 5.74) is 2.21. The summed E-state index contributed by atoms with van der Waals surface area (Å²) in [4.78, 5) is 19.1. The second-order valence-electron chi connectivity index (χ2n) is 4.91. The van der Waals surface area contributed by atoms with E-state index < -0.39 is 0 Å². The number of carbonyl (C=O) groups excluding carboxylic acids is 1. The first-order chi connectivity index (χ1) is 11.7. The van der Waals surface area contributed by atoms with E-state index in [1.54, 1.807) is 26.4 Å². The number of hydrogen-bond donors (Lipinski definition) is 2. The molecule has 7 heteroatoms. The maximum absolute atomic E-state index is 10.6. The lowest BCUT2D eigenvalue weighted by Gasteiger charge is -2.12. The number of carbonyl (C=O) groups is 1. The molecule has 0 unspecified atom stereocenters. The average molecular weight is 324 g/mol. The van der Waals surface area contributed by atoms with Gasteiger partial charge in [-0.25, -0.2) is 9.97 Å². The highest BCUT2D eigenvalue weighted by Gasteiger charge is 2.11. The van der Waals surface area contributed by atoms with E-state index in [0.717, 1.165) is 16.6 Å². The van der Waals surface area contributed by atoms with Crippen LogP contribution >= 0.6 is 0 Å². The zero-order chi connectivity index (χ0) is 16.9. The molecule has 0 saturated carbocycles. The fourth-order valence-electron chi connectivity index (χ4n) is 2.37. The van der Waals surface area contributed by atoms with E-state index in [-0.39, 0.29) is 0 Å². The van der Waals surface area contributed by atoms with Gasteiger partial charge < -0.3 is 20.1 Å². The Labute approximate surface area is 138 Å². The molecule has 0 saturated heterocycles. The van der Waals surface area contributed by atoms with Crippen LogP contribution in [0.4, 0.5) is 17.2 Å². The van der Waals surface area contributed by atoms with Crippen molar-refractivity contribution in [2.24, 2.45) is 0 Å². The average Bonchev–Trinajstić information content (AvgIpc) is 2.61. The molecule has 3 rings (SSSR count). The Balaban J connectivity index is 2.03. The third-order valence-electron chi connectivity index (χ3n) is 3.49. The number of amides is 1. The van der Waals surface area contributed by atoms with Crippen LogP contribution in [-0.4, -0.2) is 30.6 Å². The van der Waals surface area contributed by atoms with E-state index in [4.69, 9.17) is 9.47 Å². The largest absolute Gasteiger partial charge is 0.493 e. The fraction of sp³-hybridized carbons (Fsp3) is 0.118. The third kappa shape index (κ3) is 3.05. The van der Waals surface area contributed by atoms with Gasteiger partial charge in [-0.1, -0.05) is 6.07 Å². The van der Waals surface area contributed by atoms with Gasteiger partial charge in [0, 0.05) is 22.8 Å². The van der Waals surface area contributed by atoms with Gasteiger partial charge in [0.15, 0.2) is 11.5 Å². The Kier molecular flexibility index (Phi) is 4.42. The van der Waals surface area contributed by atoms with E-state index in [0.29, 0.717) is 29.4 Å². The van der Waals surface area contributed by atoms with Crippen LogP contribution in [0.3, 0.4) is 0 Å². The summed E-state index contributed by atoms with van der Waals surface area (Å²) < 4.78 is 10.6. The number of benzene rings is 2. The summed E-state index contributed by atoms with van der Waals surface area (Å²) in [6.45, 7) is 0. The van der Waals surface area contributed by atoms with E-state index in [2.05, 4.69) is 20.6 Å². The van der Waals surface area contributed by atoms with E-state index in [1.807, 2.05) is 24.3 Å². The van der Waals surface area contributed by atoms with Gasteiger partial charge in [0.05, 0.1) is 19.7 Å². The highest BCUT2D eigenvalue weighted by Crippen LogP contribution is 2.34. The molecular weight excluding hydrogens is 308 g/mol. The molecule has 122 valence electrons. The van der Waals surface area contributed by atoms with Crippen molar-refractivity contribution in [3.8, 4) is 11.5 Å². The van der Waals surface area contributed by atoms with Crippen LogP contribution in [0.2, 0.25) is 0 Å². The van der Waals surface area contributed by atoms with Crippen molar-refractivity contribution in [1.82, 2.24) is 9.97 Å². The zero-order valence-electron chi connectivity index (χ0n) is 13.2. The molecule has 0 aliphatic carbocycles. The molecule has 1 amide bonds. The van der Waals surface area contributed by atoms with Gasteiger partial charge in [0.25, 0.3) is 0 Å². The molecule has 0 spiro atoms. The monoisotopic (exact) mass is 324 g/mol. The lowest BCUT2D eigenvalue weighted by Crippen LogP contribution is -1.99. The number of hydrogen-bond acceptors (Lipinski definition) is 6. The van der Waals surface area contributed by atoms with Crippen molar-refractivity contribution in [3.05, 3.63) is 42.7 Å². The topological polar surface area (TPSA) is 85.4 Å². The van der Waals surface area contributed by atoms with Gasteiger partial charge in [-0.2, -0.15) is 0 Å². The van der Waals surface area contributed by atoms with Crippen LogP contribution in [0.5, 0.6) is 11.5 Å². The number of methoxy groups -OCH3 is 2. The highest BCUT2D eigenvalue weighted by molar-refractivity contribution is 5.93. The summed E-state index contributed by atoms with van der Waals surface area (Å²) in [6, 6.07) is 10.9. The van der Waals surface area contributed by atoms with Crippen molar-refractivity contribution in [2.75, 3.05) is 24.9 Å². The van der Waals surface area contributed by atoms with Crippen LogP contribution < -0.4 is 20.1 Å². The zero-order valence-corrected chi connectivity index (χ0v) is 13.2. The summed E-state index contributed by atoms with van der Waals surface area (Å²) in [5.74, 6) is 1.83.